The third-order valence-corrected chi connectivity index (χ3v) is 4.71. The zero-order valence-electron chi connectivity index (χ0n) is 13.9. The highest BCUT2D eigenvalue weighted by Gasteiger charge is 2.19. The summed E-state index contributed by atoms with van der Waals surface area (Å²) >= 11 is 1.70. The molecule has 23 heavy (non-hydrogen) atoms. The maximum Gasteiger partial charge on any atom is 0.268 e. The minimum absolute atomic E-state index is 0.0229. The number of aryl methyl sites for hydroxylation is 2. The molecule has 2 aromatic rings. The SMILES string of the molecule is CC(=O)c1c(C)[nH]c(C(=O)NCCSc2ccc(C)cc2)c1C. The number of aromatic nitrogens is 1. The molecule has 0 atom stereocenters. The Kier molecular flexibility index (Phi) is 5.66. The molecule has 0 fully saturated rings. The average Bonchev–Trinajstić information content (AvgIpc) is 2.80. The van der Waals surface area contributed by atoms with Gasteiger partial charge in [-0.3, -0.25) is 9.59 Å². The first-order valence-electron chi connectivity index (χ1n) is 7.58. The van der Waals surface area contributed by atoms with Crippen molar-refractivity contribution in [1.29, 1.82) is 0 Å². The molecule has 0 bridgehead atoms. The number of rotatable bonds is 6. The van der Waals surface area contributed by atoms with Crippen LogP contribution >= 0.6 is 11.8 Å². The van der Waals surface area contributed by atoms with Gasteiger partial charge in [0.1, 0.15) is 5.69 Å². The molecule has 0 aliphatic carbocycles. The van der Waals surface area contributed by atoms with Crippen LogP contribution < -0.4 is 5.32 Å². The molecule has 0 unspecified atom stereocenters. The first-order chi connectivity index (χ1) is 10.9. The van der Waals surface area contributed by atoms with Crippen molar-refractivity contribution in [2.75, 3.05) is 12.3 Å². The van der Waals surface area contributed by atoms with Crippen LogP contribution in [0.3, 0.4) is 0 Å². The summed E-state index contributed by atoms with van der Waals surface area (Å²) in [6.07, 6.45) is 0. The second-order valence-corrected chi connectivity index (χ2v) is 6.77. The second-order valence-electron chi connectivity index (χ2n) is 5.60. The molecule has 0 aliphatic heterocycles. The number of nitrogens with one attached hydrogen (secondary N) is 2. The Morgan fingerprint density at radius 2 is 1.78 bits per heavy atom. The van der Waals surface area contributed by atoms with Crippen molar-refractivity contribution < 1.29 is 9.59 Å². The fraction of sp³-hybridized carbons (Fsp3) is 0.333. The van der Waals surface area contributed by atoms with E-state index in [-0.39, 0.29) is 11.7 Å². The number of thioether (sulfide) groups is 1. The van der Waals surface area contributed by atoms with E-state index in [4.69, 9.17) is 0 Å². The molecular weight excluding hydrogens is 308 g/mol. The number of amides is 1. The van der Waals surface area contributed by atoms with Gasteiger partial charge in [0.15, 0.2) is 5.78 Å². The molecule has 2 N–H and O–H groups in total. The van der Waals surface area contributed by atoms with E-state index in [1.54, 1.807) is 18.7 Å². The van der Waals surface area contributed by atoms with Crippen molar-refractivity contribution in [3.05, 3.63) is 52.3 Å². The fourth-order valence-electron chi connectivity index (χ4n) is 2.56. The van der Waals surface area contributed by atoms with E-state index < -0.39 is 0 Å². The summed E-state index contributed by atoms with van der Waals surface area (Å²) in [6, 6.07) is 8.32. The van der Waals surface area contributed by atoms with Gasteiger partial charge >= 0.3 is 0 Å². The van der Waals surface area contributed by atoms with Crippen LogP contribution in [0.1, 0.15) is 44.6 Å². The number of ketones is 1. The number of hydrogen-bond acceptors (Lipinski definition) is 3. The number of Topliss-reactive ketones (excluding diaryl/α,β-unsaturated/α-hetero) is 1. The molecule has 5 heteroatoms. The smallest absolute Gasteiger partial charge is 0.268 e. The molecule has 1 aromatic heterocycles. The fourth-order valence-corrected chi connectivity index (χ4v) is 3.33. The van der Waals surface area contributed by atoms with Crippen LogP contribution in [0, 0.1) is 20.8 Å². The first-order valence-corrected chi connectivity index (χ1v) is 8.56. The zero-order chi connectivity index (χ0) is 17.0. The van der Waals surface area contributed by atoms with Crippen LogP contribution in [0.15, 0.2) is 29.2 Å². The van der Waals surface area contributed by atoms with Gasteiger partial charge in [-0.25, -0.2) is 0 Å². The molecule has 122 valence electrons. The largest absolute Gasteiger partial charge is 0.354 e. The van der Waals surface area contributed by atoms with Crippen LogP contribution in [-0.4, -0.2) is 29.0 Å². The topological polar surface area (TPSA) is 62.0 Å². The van der Waals surface area contributed by atoms with E-state index in [1.807, 2.05) is 6.92 Å². The van der Waals surface area contributed by atoms with Gasteiger partial charge in [0.05, 0.1) is 0 Å². The van der Waals surface area contributed by atoms with Crippen molar-refractivity contribution in [1.82, 2.24) is 10.3 Å². The monoisotopic (exact) mass is 330 g/mol. The van der Waals surface area contributed by atoms with Gasteiger partial charge < -0.3 is 10.3 Å². The predicted octanol–water partition coefficient (Wildman–Crippen LogP) is 3.66. The molecule has 2 rings (SSSR count). The van der Waals surface area contributed by atoms with Gasteiger partial charge in [0, 0.05) is 28.5 Å². The summed E-state index contributed by atoms with van der Waals surface area (Å²) in [5, 5.41) is 2.90. The van der Waals surface area contributed by atoms with Gasteiger partial charge in [-0.15, -0.1) is 11.8 Å². The molecule has 0 spiro atoms. The summed E-state index contributed by atoms with van der Waals surface area (Å²) in [4.78, 5) is 28.1. The highest BCUT2D eigenvalue weighted by Crippen LogP contribution is 2.19. The molecule has 0 radical (unpaired) electrons. The Labute approximate surface area is 141 Å². The average molecular weight is 330 g/mol. The van der Waals surface area contributed by atoms with Crippen LogP contribution in [0.4, 0.5) is 0 Å². The molecular formula is C18H22N2O2S. The van der Waals surface area contributed by atoms with E-state index in [9.17, 15) is 9.59 Å². The van der Waals surface area contributed by atoms with Gasteiger partial charge in [-0.2, -0.15) is 0 Å². The van der Waals surface area contributed by atoms with Gasteiger partial charge in [0.25, 0.3) is 5.91 Å². The Morgan fingerprint density at radius 3 is 2.35 bits per heavy atom. The molecule has 1 heterocycles. The molecule has 1 amide bonds. The highest BCUT2D eigenvalue weighted by atomic mass is 32.2. The summed E-state index contributed by atoms with van der Waals surface area (Å²) in [5.74, 6) is 0.612. The van der Waals surface area contributed by atoms with E-state index in [0.29, 0.717) is 17.8 Å². The van der Waals surface area contributed by atoms with Crippen molar-refractivity contribution in [3.63, 3.8) is 0 Å². The van der Waals surface area contributed by atoms with Crippen LogP contribution in [-0.2, 0) is 0 Å². The third-order valence-electron chi connectivity index (χ3n) is 3.69. The molecule has 0 saturated carbocycles. The van der Waals surface area contributed by atoms with E-state index in [1.165, 1.54) is 17.4 Å². The van der Waals surface area contributed by atoms with Gasteiger partial charge in [-0.05, 0) is 45.4 Å². The third kappa shape index (κ3) is 4.26. The summed E-state index contributed by atoms with van der Waals surface area (Å²) < 4.78 is 0. The number of aromatic amines is 1. The Balaban J connectivity index is 1.89. The van der Waals surface area contributed by atoms with Crippen LogP contribution in [0.5, 0.6) is 0 Å². The second kappa shape index (κ2) is 7.51. The number of carbonyl (C=O) groups excluding carboxylic acids is 2. The summed E-state index contributed by atoms with van der Waals surface area (Å²) in [7, 11) is 0. The maximum absolute atomic E-state index is 12.2. The lowest BCUT2D eigenvalue weighted by atomic mass is 10.1. The minimum atomic E-state index is -0.164. The Hall–Kier alpha value is -2.01. The van der Waals surface area contributed by atoms with Crippen molar-refractivity contribution in [2.24, 2.45) is 0 Å². The number of hydrogen-bond donors (Lipinski definition) is 2. The van der Waals surface area contributed by atoms with E-state index >= 15 is 0 Å². The van der Waals surface area contributed by atoms with Gasteiger partial charge in [-0.1, -0.05) is 17.7 Å². The van der Waals surface area contributed by atoms with E-state index in [2.05, 4.69) is 41.5 Å². The van der Waals surface area contributed by atoms with E-state index in [0.717, 1.165) is 17.0 Å². The molecule has 0 saturated heterocycles. The van der Waals surface area contributed by atoms with Crippen molar-refractivity contribution in [3.8, 4) is 0 Å². The summed E-state index contributed by atoms with van der Waals surface area (Å²) in [5.41, 5.74) is 3.80. The highest BCUT2D eigenvalue weighted by molar-refractivity contribution is 7.99. The lowest BCUT2D eigenvalue weighted by Gasteiger charge is -2.05. The number of benzene rings is 1. The lowest BCUT2D eigenvalue weighted by Crippen LogP contribution is -2.26. The number of H-pyrrole nitrogens is 1. The predicted molar refractivity (Wildman–Crippen MR) is 94.5 cm³/mol. The zero-order valence-corrected chi connectivity index (χ0v) is 14.8. The molecule has 1 aromatic carbocycles. The number of carbonyl (C=O) groups is 2. The lowest BCUT2D eigenvalue weighted by molar-refractivity contribution is 0.0951. The van der Waals surface area contributed by atoms with Gasteiger partial charge in [0.2, 0.25) is 0 Å². The molecule has 4 nitrogen and oxygen atoms in total. The normalized spacial score (nSPS) is 10.6. The maximum atomic E-state index is 12.2. The summed E-state index contributed by atoms with van der Waals surface area (Å²) in [6.45, 7) is 7.77. The molecule has 0 aliphatic rings. The standard InChI is InChI=1S/C18H22N2O2S/c1-11-5-7-15(8-6-11)23-10-9-19-18(22)17-12(2)16(14(4)21)13(3)20-17/h5-8,20H,9-10H2,1-4H3,(H,19,22). The quantitative estimate of drug-likeness (QED) is 0.483. The first kappa shape index (κ1) is 17.3. The van der Waals surface area contributed by atoms with Crippen LogP contribution in [0.25, 0.3) is 0 Å². The Morgan fingerprint density at radius 1 is 1.13 bits per heavy atom. The van der Waals surface area contributed by atoms with Crippen LogP contribution in [0.2, 0.25) is 0 Å². The van der Waals surface area contributed by atoms with Crippen molar-refractivity contribution in [2.45, 2.75) is 32.6 Å². The van der Waals surface area contributed by atoms with Crippen molar-refractivity contribution >= 4 is 23.5 Å². The minimum Gasteiger partial charge on any atom is -0.354 e. The Bertz CT molecular complexity index is 717.